The summed E-state index contributed by atoms with van der Waals surface area (Å²) in [5.41, 5.74) is 0.201. The van der Waals surface area contributed by atoms with Crippen LogP contribution in [0.1, 0.15) is 11.1 Å². The molecule has 0 unspecified atom stereocenters. The van der Waals surface area contributed by atoms with E-state index in [2.05, 4.69) is 5.32 Å². The van der Waals surface area contributed by atoms with Crippen LogP contribution in [-0.4, -0.2) is 0 Å². The summed E-state index contributed by atoms with van der Waals surface area (Å²) in [5.74, 6) is 0. The Kier molecular flexibility index (Phi) is 3.08. The summed E-state index contributed by atoms with van der Waals surface area (Å²) in [6.07, 6.45) is -1.38. The van der Waals surface area contributed by atoms with Crippen molar-refractivity contribution in [2.24, 2.45) is 0 Å². The van der Waals surface area contributed by atoms with Gasteiger partial charge in [-0.05, 0) is 18.2 Å². The predicted molar refractivity (Wildman–Crippen MR) is 57.5 cm³/mol. The molecule has 90 valence electrons. The fourth-order valence-electron chi connectivity index (χ4n) is 1.47. The van der Waals surface area contributed by atoms with Crippen LogP contribution in [0.5, 0.6) is 0 Å². The number of para-hydroxylation sites is 1. The van der Waals surface area contributed by atoms with Gasteiger partial charge in [-0.3, -0.25) is 0 Å². The zero-order valence-electron chi connectivity index (χ0n) is 8.79. The number of hydrogen-bond acceptors (Lipinski definition) is 2. The molecular weight excluding hydrogens is 231 g/mol. The Morgan fingerprint density at radius 3 is 2.53 bits per heavy atom. The van der Waals surface area contributed by atoms with Gasteiger partial charge in [-0.15, -0.1) is 0 Å². The number of anilines is 1. The molecule has 0 atom stereocenters. The first-order chi connectivity index (χ1) is 8.07. The lowest BCUT2D eigenvalue weighted by molar-refractivity contribution is -0.136. The predicted octanol–water partition coefficient (Wildman–Crippen LogP) is 3.91. The van der Waals surface area contributed by atoms with E-state index in [9.17, 15) is 13.2 Å². The van der Waals surface area contributed by atoms with Gasteiger partial charge in [0.2, 0.25) is 0 Å². The molecule has 0 fully saturated rings. The molecule has 17 heavy (non-hydrogen) atoms. The maximum absolute atomic E-state index is 12.7. The molecule has 0 aliphatic heterocycles. The number of hydrogen-bond donors (Lipinski definition) is 1. The van der Waals surface area contributed by atoms with Crippen molar-refractivity contribution in [3.8, 4) is 0 Å². The van der Waals surface area contributed by atoms with Crippen molar-refractivity contribution in [3.05, 3.63) is 54.0 Å². The largest absolute Gasteiger partial charge is 0.472 e. The van der Waals surface area contributed by atoms with E-state index in [1.54, 1.807) is 12.1 Å². The molecule has 0 amide bonds. The average Bonchev–Trinajstić information content (AvgIpc) is 2.78. The highest BCUT2D eigenvalue weighted by molar-refractivity contribution is 5.52. The van der Waals surface area contributed by atoms with Crippen molar-refractivity contribution >= 4 is 5.69 Å². The van der Waals surface area contributed by atoms with Crippen LogP contribution in [0.15, 0.2) is 47.3 Å². The maximum Gasteiger partial charge on any atom is 0.418 e. The van der Waals surface area contributed by atoms with E-state index >= 15 is 0 Å². The van der Waals surface area contributed by atoms with E-state index in [1.807, 2.05) is 0 Å². The van der Waals surface area contributed by atoms with Crippen molar-refractivity contribution in [1.29, 1.82) is 0 Å². The van der Waals surface area contributed by atoms with Gasteiger partial charge in [0.1, 0.15) is 0 Å². The Morgan fingerprint density at radius 2 is 1.88 bits per heavy atom. The Balaban J connectivity index is 2.16. The molecule has 5 heteroatoms. The number of alkyl halides is 3. The zero-order valence-corrected chi connectivity index (χ0v) is 8.79. The first-order valence-corrected chi connectivity index (χ1v) is 4.98. The first kappa shape index (κ1) is 11.6. The zero-order chi connectivity index (χ0) is 12.3. The Morgan fingerprint density at radius 1 is 1.12 bits per heavy atom. The lowest BCUT2D eigenvalue weighted by Crippen LogP contribution is -2.10. The van der Waals surface area contributed by atoms with Crippen LogP contribution in [0.4, 0.5) is 18.9 Å². The summed E-state index contributed by atoms with van der Waals surface area (Å²) in [7, 11) is 0. The highest BCUT2D eigenvalue weighted by Crippen LogP contribution is 2.34. The van der Waals surface area contributed by atoms with Crippen molar-refractivity contribution in [2.75, 3.05) is 5.32 Å². The van der Waals surface area contributed by atoms with Crippen molar-refractivity contribution in [3.63, 3.8) is 0 Å². The van der Waals surface area contributed by atoms with Crippen LogP contribution in [-0.2, 0) is 12.7 Å². The molecule has 1 heterocycles. The third kappa shape index (κ3) is 2.81. The van der Waals surface area contributed by atoms with E-state index in [1.165, 1.54) is 24.7 Å². The van der Waals surface area contributed by atoms with Gasteiger partial charge in [0.15, 0.2) is 0 Å². The summed E-state index contributed by atoms with van der Waals surface area (Å²) in [5, 5.41) is 2.74. The summed E-state index contributed by atoms with van der Waals surface area (Å²) < 4.78 is 42.8. The molecule has 2 aromatic rings. The van der Waals surface area contributed by atoms with Crippen molar-refractivity contribution in [1.82, 2.24) is 0 Å². The lowest BCUT2D eigenvalue weighted by Gasteiger charge is -2.13. The third-order valence-corrected chi connectivity index (χ3v) is 2.30. The lowest BCUT2D eigenvalue weighted by atomic mass is 10.1. The number of furan rings is 1. The number of benzene rings is 1. The van der Waals surface area contributed by atoms with Crippen LogP contribution >= 0.6 is 0 Å². The monoisotopic (exact) mass is 241 g/mol. The fourth-order valence-corrected chi connectivity index (χ4v) is 1.47. The maximum atomic E-state index is 12.7. The molecule has 0 radical (unpaired) electrons. The van der Waals surface area contributed by atoms with E-state index in [0.29, 0.717) is 6.54 Å². The second-order valence-electron chi connectivity index (χ2n) is 3.53. The van der Waals surface area contributed by atoms with E-state index in [-0.39, 0.29) is 5.69 Å². The molecule has 1 aromatic heterocycles. The van der Waals surface area contributed by atoms with E-state index < -0.39 is 11.7 Å². The van der Waals surface area contributed by atoms with Crippen LogP contribution in [0.25, 0.3) is 0 Å². The van der Waals surface area contributed by atoms with Crippen LogP contribution in [0.2, 0.25) is 0 Å². The SMILES string of the molecule is FC(F)(F)c1ccccc1NCc1ccoc1. The third-order valence-electron chi connectivity index (χ3n) is 2.30. The Bertz CT molecular complexity index is 477. The number of halogens is 3. The minimum Gasteiger partial charge on any atom is -0.472 e. The Hall–Kier alpha value is -1.91. The quantitative estimate of drug-likeness (QED) is 0.881. The molecule has 0 bridgehead atoms. The summed E-state index contributed by atoms with van der Waals surface area (Å²) in [6, 6.07) is 7.09. The normalized spacial score (nSPS) is 11.5. The van der Waals surface area contributed by atoms with Crippen LogP contribution < -0.4 is 5.32 Å². The molecular formula is C12H10F3NO. The second-order valence-corrected chi connectivity index (χ2v) is 3.53. The van der Waals surface area contributed by atoms with Gasteiger partial charge in [-0.25, -0.2) is 0 Å². The van der Waals surface area contributed by atoms with Gasteiger partial charge in [0.05, 0.1) is 18.1 Å². The van der Waals surface area contributed by atoms with E-state index in [4.69, 9.17) is 4.42 Å². The minimum absolute atomic E-state index is 0.0706. The topological polar surface area (TPSA) is 25.2 Å². The van der Waals surface area contributed by atoms with Gasteiger partial charge in [-0.2, -0.15) is 13.2 Å². The summed E-state index contributed by atoms with van der Waals surface area (Å²) >= 11 is 0. The van der Waals surface area contributed by atoms with Gasteiger partial charge in [-0.1, -0.05) is 12.1 Å². The van der Waals surface area contributed by atoms with Gasteiger partial charge >= 0.3 is 6.18 Å². The fraction of sp³-hybridized carbons (Fsp3) is 0.167. The second kappa shape index (κ2) is 4.53. The molecule has 0 saturated carbocycles. The van der Waals surface area contributed by atoms with Crippen molar-refractivity contribution < 1.29 is 17.6 Å². The molecule has 0 aliphatic carbocycles. The van der Waals surface area contributed by atoms with Gasteiger partial charge in [0, 0.05) is 17.8 Å². The van der Waals surface area contributed by atoms with Gasteiger partial charge in [0.25, 0.3) is 0 Å². The average molecular weight is 241 g/mol. The minimum atomic E-state index is -4.35. The highest BCUT2D eigenvalue weighted by atomic mass is 19.4. The smallest absolute Gasteiger partial charge is 0.418 e. The van der Waals surface area contributed by atoms with Crippen molar-refractivity contribution in [2.45, 2.75) is 12.7 Å². The molecule has 0 aliphatic rings. The molecule has 1 aromatic carbocycles. The highest BCUT2D eigenvalue weighted by Gasteiger charge is 2.32. The molecule has 0 saturated heterocycles. The molecule has 2 nitrogen and oxygen atoms in total. The summed E-state index contributed by atoms with van der Waals surface area (Å²) in [4.78, 5) is 0. The number of rotatable bonds is 3. The van der Waals surface area contributed by atoms with Gasteiger partial charge < -0.3 is 9.73 Å². The molecule has 2 rings (SSSR count). The van der Waals surface area contributed by atoms with E-state index in [0.717, 1.165) is 11.6 Å². The van der Waals surface area contributed by atoms with Crippen LogP contribution in [0.3, 0.4) is 0 Å². The Labute approximate surface area is 96.1 Å². The summed E-state index contributed by atoms with van der Waals surface area (Å²) in [6.45, 7) is 0.295. The first-order valence-electron chi connectivity index (χ1n) is 4.98. The molecule has 1 N–H and O–H groups in total. The number of nitrogens with one attached hydrogen (secondary N) is 1. The van der Waals surface area contributed by atoms with Crippen LogP contribution in [0, 0.1) is 0 Å². The molecule has 0 spiro atoms. The standard InChI is InChI=1S/C12H10F3NO/c13-12(14,15)10-3-1-2-4-11(10)16-7-9-5-6-17-8-9/h1-6,8,16H,7H2.